The Morgan fingerprint density at radius 2 is 2.16 bits per heavy atom. The highest BCUT2D eigenvalue weighted by Crippen LogP contribution is 2.22. The Labute approximate surface area is 114 Å². The highest BCUT2D eigenvalue weighted by atomic mass is 16.5. The number of aromatic nitrogens is 2. The maximum Gasteiger partial charge on any atom is 0.124 e. The van der Waals surface area contributed by atoms with Crippen LogP contribution in [0.1, 0.15) is 31.3 Å². The van der Waals surface area contributed by atoms with Gasteiger partial charge in [0.25, 0.3) is 0 Å². The van der Waals surface area contributed by atoms with Crippen LogP contribution >= 0.6 is 0 Å². The van der Waals surface area contributed by atoms with Crippen LogP contribution in [0.4, 0.5) is 0 Å². The molecule has 0 aliphatic heterocycles. The molecule has 104 valence electrons. The predicted molar refractivity (Wildman–Crippen MR) is 78.4 cm³/mol. The quantitative estimate of drug-likeness (QED) is 0.813. The number of ether oxygens (including phenoxy) is 1. The van der Waals surface area contributed by atoms with Gasteiger partial charge >= 0.3 is 0 Å². The zero-order valence-corrected chi connectivity index (χ0v) is 12.2. The van der Waals surface area contributed by atoms with Crippen LogP contribution in [0.2, 0.25) is 0 Å². The minimum Gasteiger partial charge on any atom is -0.383 e. The van der Waals surface area contributed by atoms with E-state index in [0.717, 1.165) is 31.0 Å². The summed E-state index contributed by atoms with van der Waals surface area (Å²) in [7, 11) is 1.72. The number of hydrogen-bond donors (Lipinski definition) is 1. The van der Waals surface area contributed by atoms with E-state index >= 15 is 0 Å². The van der Waals surface area contributed by atoms with Gasteiger partial charge in [-0.1, -0.05) is 6.07 Å². The molecule has 0 saturated carbocycles. The smallest absolute Gasteiger partial charge is 0.124 e. The van der Waals surface area contributed by atoms with Gasteiger partial charge < -0.3 is 14.6 Å². The van der Waals surface area contributed by atoms with Gasteiger partial charge in [-0.25, -0.2) is 4.98 Å². The van der Waals surface area contributed by atoms with Crippen molar-refractivity contribution in [3.63, 3.8) is 0 Å². The zero-order valence-electron chi connectivity index (χ0n) is 12.2. The monoisotopic (exact) mass is 261 g/mol. The second-order valence-electron chi connectivity index (χ2n) is 5.15. The molecule has 1 heterocycles. The number of methoxy groups -OCH3 is 1. The van der Waals surface area contributed by atoms with E-state index in [1.807, 2.05) is 0 Å². The minimum absolute atomic E-state index is 0.409. The van der Waals surface area contributed by atoms with E-state index in [9.17, 15) is 0 Å². The summed E-state index contributed by atoms with van der Waals surface area (Å²) in [4.78, 5) is 4.75. The molecule has 2 aromatic rings. The fourth-order valence-electron chi connectivity index (χ4n) is 2.33. The van der Waals surface area contributed by atoms with E-state index in [1.54, 1.807) is 7.11 Å². The third-order valence-corrected chi connectivity index (χ3v) is 3.20. The first-order valence-electron chi connectivity index (χ1n) is 6.80. The summed E-state index contributed by atoms with van der Waals surface area (Å²) < 4.78 is 7.34. The first kappa shape index (κ1) is 14.0. The second kappa shape index (κ2) is 6.17. The number of nitrogens with zero attached hydrogens (tertiary/aromatic N) is 2. The molecule has 4 nitrogen and oxygen atoms in total. The summed E-state index contributed by atoms with van der Waals surface area (Å²) >= 11 is 0. The molecular formula is C15H23N3O. The Bertz CT molecular complexity index is 546. The molecule has 0 aliphatic rings. The van der Waals surface area contributed by atoms with Gasteiger partial charge in [-0.2, -0.15) is 0 Å². The fraction of sp³-hybridized carbons (Fsp3) is 0.533. The average Bonchev–Trinajstić information content (AvgIpc) is 2.72. The number of hydrogen-bond acceptors (Lipinski definition) is 3. The van der Waals surface area contributed by atoms with Crippen LogP contribution in [-0.4, -0.2) is 29.8 Å². The molecule has 4 heteroatoms. The van der Waals surface area contributed by atoms with E-state index in [0.29, 0.717) is 6.04 Å². The maximum atomic E-state index is 5.04. The van der Waals surface area contributed by atoms with Gasteiger partial charge in [0.2, 0.25) is 0 Å². The largest absolute Gasteiger partial charge is 0.383 e. The molecule has 0 amide bonds. The van der Waals surface area contributed by atoms with Crippen molar-refractivity contribution in [2.45, 2.75) is 33.4 Å². The highest BCUT2D eigenvalue weighted by molar-refractivity contribution is 5.77. The first-order chi connectivity index (χ1) is 9.13. The van der Waals surface area contributed by atoms with Gasteiger partial charge in [-0.15, -0.1) is 0 Å². The van der Waals surface area contributed by atoms with Crippen molar-refractivity contribution < 1.29 is 4.74 Å². The Morgan fingerprint density at radius 1 is 1.37 bits per heavy atom. The first-order valence-corrected chi connectivity index (χ1v) is 6.80. The van der Waals surface area contributed by atoms with Crippen LogP contribution in [0.15, 0.2) is 18.2 Å². The molecule has 0 aliphatic carbocycles. The molecule has 2 rings (SSSR count). The zero-order chi connectivity index (χ0) is 13.8. The van der Waals surface area contributed by atoms with Gasteiger partial charge in [0, 0.05) is 19.7 Å². The van der Waals surface area contributed by atoms with Gasteiger partial charge in [0.1, 0.15) is 5.82 Å². The molecule has 0 spiro atoms. The average molecular weight is 261 g/mol. The molecule has 0 unspecified atom stereocenters. The standard InChI is InChI=1S/C15H23N3O/c1-11(2)18-14-6-5-12(3)9-13(14)17-15(18)10-16-7-8-19-4/h5-6,9,11,16H,7-8,10H2,1-4H3. The van der Waals surface area contributed by atoms with Crippen LogP contribution in [0.3, 0.4) is 0 Å². The summed E-state index contributed by atoms with van der Waals surface area (Å²) in [5.74, 6) is 1.09. The normalized spacial score (nSPS) is 11.6. The van der Waals surface area contributed by atoms with E-state index in [4.69, 9.17) is 9.72 Å². The number of fused-ring (bicyclic) bond motifs is 1. The number of rotatable bonds is 6. The number of benzene rings is 1. The van der Waals surface area contributed by atoms with Crippen LogP contribution < -0.4 is 5.32 Å². The van der Waals surface area contributed by atoms with E-state index < -0.39 is 0 Å². The summed E-state index contributed by atoms with van der Waals surface area (Å²) in [5, 5.41) is 3.37. The molecule has 0 radical (unpaired) electrons. The Balaban J connectivity index is 2.28. The number of nitrogens with one attached hydrogen (secondary N) is 1. The molecule has 1 aromatic carbocycles. The van der Waals surface area contributed by atoms with Crippen LogP contribution in [0, 0.1) is 6.92 Å². The van der Waals surface area contributed by atoms with Crippen LogP contribution in [0.25, 0.3) is 11.0 Å². The molecule has 1 aromatic heterocycles. The highest BCUT2D eigenvalue weighted by Gasteiger charge is 2.12. The van der Waals surface area contributed by atoms with Gasteiger partial charge in [0.05, 0.1) is 24.2 Å². The molecule has 0 bridgehead atoms. The summed E-state index contributed by atoms with van der Waals surface area (Å²) in [6.07, 6.45) is 0. The molecule has 0 atom stereocenters. The lowest BCUT2D eigenvalue weighted by molar-refractivity contribution is 0.198. The Kier molecular flexibility index (Phi) is 4.56. The lowest BCUT2D eigenvalue weighted by Gasteiger charge is -2.13. The van der Waals surface area contributed by atoms with Gasteiger partial charge in [-0.05, 0) is 38.5 Å². The van der Waals surface area contributed by atoms with Crippen molar-refractivity contribution in [2.75, 3.05) is 20.3 Å². The van der Waals surface area contributed by atoms with E-state index in [2.05, 4.69) is 48.9 Å². The van der Waals surface area contributed by atoms with Crippen molar-refractivity contribution in [1.82, 2.24) is 14.9 Å². The minimum atomic E-state index is 0.409. The van der Waals surface area contributed by atoms with Crippen molar-refractivity contribution in [2.24, 2.45) is 0 Å². The summed E-state index contributed by atoms with van der Waals surface area (Å²) in [6.45, 7) is 8.83. The number of aryl methyl sites for hydroxylation is 1. The topological polar surface area (TPSA) is 39.1 Å². The Morgan fingerprint density at radius 3 is 2.84 bits per heavy atom. The molecule has 1 N–H and O–H groups in total. The summed E-state index contributed by atoms with van der Waals surface area (Å²) in [5.41, 5.74) is 3.54. The van der Waals surface area contributed by atoms with Gasteiger partial charge in [-0.3, -0.25) is 0 Å². The second-order valence-corrected chi connectivity index (χ2v) is 5.15. The molecule has 19 heavy (non-hydrogen) atoms. The van der Waals surface area contributed by atoms with Crippen LogP contribution in [-0.2, 0) is 11.3 Å². The van der Waals surface area contributed by atoms with Crippen molar-refractivity contribution in [3.8, 4) is 0 Å². The molecule has 0 saturated heterocycles. The SMILES string of the molecule is COCCNCc1nc2cc(C)ccc2n1C(C)C. The van der Waals surface area contributed by atoms with Crippen molar-refractivity contribution in [1.29, 1.82) is 0 Å². The van der Waals surface area contributed by atoms with Crippen molar-refractivity contribution >= 4 is 11.0 Å². The lowest BCUT2D eigenvalue weighted by atomic mass is 10.2. The maximum absolute atomic E-state index is 5.04. The third-order valence-electron chi connectivity index (χ3n) is 3.20. The van der Waals surface area contributed by atoms with E-state index in [1.165, 1.54) is 11.1 Å². The van der Waals surface area contributed by atoms with E-state index in [-0.39, 0.29) is 0 Å². The predicted octanol–water partition coefficient (Wildman–Crippen LogP) is 2.66. The van der Waals surface area contributed by atoms with Crippen molar-refractivity contribution in [3.05, 3.63) is 29.6 Å². The van der Waals surface area contributed by atoms with Gasteiger partial charge in [0.15, 0.2) is 0 Å². The molecular weight excluding hydrogens is 238 g/mol. The van der Waals surface area contributed by atoms with Crippen LogP contribution in [0.5, 0.6) is 0 Å². The fourth-order valence-corrected chi connectivity index (χ4v) is 2.33. The Hall–Kier alpha value is -1.39. The number of imidazole rings is 1. The third kappa shape index (κ3) is 3.14. The summed E-state index contributed by atoms with van der Waals surface area (Å²) in [6, 6.07) is 6.86. The lowest BCUT2D eigenvalue weighted by Crippen LogP contribution is -2.21. The molecule has 0 fully saturated rings.